The van der Waals surface area contributed by atoms with Gasteiger partial charge in [-0.3, -0.25) is 13.9 Å². The number of nitrogens with one attached hydrogen (secondary N) is 1. The summed E-state index contributed by atoms with van der Waals surface area (Å²) in [5.74, 6) is 0.831. The van der Waals surface area contributed by atoms with E-state index in [4.69, 9.17) is 4.98 Å². The standard InChI is InChI=1S/C20H30N4O3/c1-3-12-23-15-14(16(25)24(13-4-2)18(23)26)21-17(22-15)19-6-5-7-20(27,10-8-19)11-9-19/h27H,3-13H2,1-2H3,(H,21,22). The molecule has 7 heteroatoms. The average molecular weight is 374 g/mol. The SMILES string of the molecule is CCCn1c(=O)c2[nH]c(C34CCCC(O)(CC3)CC4)nc2n(CCC)c1=O. The number of aromatic nitrogens is 4. The summed E-state index contributed by atoms with van der Waals surface area (Å²) < 4.78 is 2.99. The second-order valence-corrected chi connectivity index (χ2v) is 8.53. The van der Waals surface area contributed by atoms with Gasteiger partial charge in [0.05, 0.1) is 5.60 Å². The molecular formula is C20H30N4O3. The Labute approximate surface area is 158 Å². The Kier molecular flexibility index (Phi) is 4.53. The molecule has 2 heterocycles. The fourth-order valence-corrected chi connectivity index (χ4v) is 5.07. The fourth-order valence-electron chi connectivity index (χ4n) is 5.07. The van der Waals surface area contributed by atoms with Gasteiger partial charge in [0.1, 0.15) is 11.3 Å². The molecule has 148 valence electrons. The van der Waals surface area contributed by atoms with Gasteiger partial charge in [-0.05, 0) is 57.8 Å². The van der Waals surface area contributed by atoms with Gasteiger partial charge in [0.2, 0.25) is 0 Å². The van der Waals surface area contributed by atoms with Crippen molar-refractivity contribution in [2.24, 2.45) is 0 Å². The maximum Gasteiger partial charge on any atom is 0.332 e. The van der Waals surface area contributed by atoms with Crippen LogP contribution in [-0.2, 0) is 18.5 Å². The smallest absolute Gasteiger partial charge is 0.332 e. The molecule has 7 nitrogen and oxygen atoms in total. The molecule has 2 aromatic heterocycles. The topological polar surface area (TPSA) is 92.9 Å². The van der Waals surface area contributed by atoms with Crippen LogP contribution in [0.25, 0.3) is 11.2 Å². The van der Waals surface area contributed by atoms with Gasteiger partial charge in [0.15, 0.2) is 5.65 Å². The first-order chi connectivity index (χ1) is 12.9. The van der Waals surface area contributed by atoms with E-state index in [1.807, 2.05) is 13.8 Å². The molecule has 0 radical (unpaired) electrons. The maximum absolute atomic E-state index is 13.0. The summed E-state index contributed by atoms with van der Waals surface area (Å²) in [5.41, 5.74) is -0.216. The van der Waals surface area contributed by atoms with E-state index in [1.54, 1.807) is 4.57 Å². The zero-order valence-corrected chi connectivity index (χ0v) is 16.4. The first-order valence-electron chi connectivity index (χ1n) is 10.4. The quantitative estimate of drug-likeness (QED) is 0.841. The van der Waals surface area contributed by atoms with E-state index in [-0.39, 0.29) is 16.7 Å². The van der Waals surface area contributed by atoms with Crippen LogP contribution < -0.4 is 11.2 Å². The lowest BCUT2D eigenvalue weighted by atomic mass is 9.69. The van der Waals surface area contributed by atoms with Crippen molar-refractivity contribution in [1.29, 1.82) is 0 Å². The third-order valence-corrected chi connectivity index (χ3v) is 6.69. The molecule has 3 saturated carbocycles. The van der Waals surface area contributed by atoms with Crippen LogP contribution in [0.4, 0.5) is 0 Å². The van der Waals surface area contributed by atoms with Gasteiger partial charge in [-0.1, -0.05) is 13.8 Å². The molecule has 2 aromatic rings. The summed E-state index contributed by atoms with van der Waals surface area (Å²) in [4.78, 5) is 34.0. The number of hydrogen-bond donors (Lipinski definition) is 2. The van der Waals surface area contributed by atoms with Crippen molar-refractivity contribution in [2.75, 3.05) is 0 Å². The van der Waals surface area contributed by atoms with Crippen LogP contribution in [0.2, 0.25) is 0 Å². The minimum atomic E-state index is -0.524. The van der Waals surface area contributed by atoms with E-state index in [0.29, 0.717) is 24.3 Å². The highest BCUT2D eigenvalue weighted by Gasteiger charge is 2.47. The van der Waals surface area contributed by atoms with E-state index in [1.165, 1.54) is 4.57 Å². The highest BCUT2D eigenvalue weighted by molar-refractivity contribution is 5.70. The lowest BCUT2D eigenvalue weighted by molar-refractivity contribution is -0.00727. The highest BCUT2D eigenvalue weighted by Crippen LogP contribution is 2.50. The van der Waals surface area contributed by atoms with Crippen molar-refractivity contribution in [2.45, 2.75) is 95.7 Å². The van der Waals surface area contributed by atoms with Gasteiger partial charge in [0, 0.05) is 18.5 Å². The Hall–Kier alpha value is -1.89. The Morgan fingerprint density at radius 3 is 2.33 bits per heavy atom. The highest BCUT2D eigenvalue weighted by atomic mass is 16.3. The van der Waals surface area contributed by atoms with Crippen LogP contribution in [-0.4, -0.2) is 29.8 Å². The van der Waals surface area contributed by atoms with Crippen LogP contribution in [0.3, 0.4) is 0 Å². The van der Waals surface area contributed by atoms with E-state index < -0.39 is 5.60 Å². The molecule has 0 aromatic carbocycles. The van der Waals surface area contributed by atoms with Crippen LogP contribution in [0.15, 0.2) is 9.59 Å². The summed E-state index contributed by atoms with van der Waals surface area (Å²) in [6.07, 6.45) is 7.65. The first-order valence-corrected chi connectivity index (χ1v) is 10.4. The molecule has 27 heavy (non-hydrogen) atoms. The second-order valence-electron chi connectivity index (χ2n) is 8.53. The molecule has 2 N–H and O–H groups in total. The molecule has 3 aliphatic rings. The molecule has 2 bridgehead atoms. The Morgan fingerprint density at radius 2 is 1.67 bits per heavy atom. The minimum Gasteiger partial charge on any atom is -0.390 e. The number of nitrogens with zero attached hydrogens (tertiary/aromatic N) is 3. The van der Waals surface area contributed by atoms with Crippen LogP contribution in [0.1, 0.15) is 77.5 Å². The number of H-pyrrole nitrogens is 1. The Morgan fingerprint density at radius 1 is 1.00 bits per heavy atom. The molecule has 0 amide bonds. The van der Waals surface area contributed by atoms with Crippen molar-refractivity contribution in [3.8, 4) is 0 Å². The number of rotatable bonds is 5. The number of hydrogen-bond acceptors (Lipinski definition) is 4. The predicted octanol–water partition coefficient (Wildman–Crippen LogP) is 2.43. The van der Waals surface area contributed by atoms with Crippen LogP contribution in [0.5, 0.6) is 0 Å². The van der Waals surface area contributed by atoms with E-state index >= 15 is 0 Å². The van der Waals surface area contributed by atoms with Crippen molar-refractivity contribution in [3.05, 3.63) is 26.7 Å². The van der Waals surface area contributed by atoms with Crippen molar-refractivity contribution >= 4 is 11.2 Å². The average Bonchev–Trinajstić information content (AvgIpc) is 2.95. The third-order valence-electron chi connectivity index (χ3n) is 6.69. The van der Waals surface area contributed by atoms with Gasteiger partial charge in [-0.2, -0.15) is 0 Å². The van der Waals surface area contributed by atoms with Crippen LogP contribution >= 0.6 is 0 Å². The third kappa shape index (κ3) is 2.87. The maximum atomic E-state index is 13.0. The van der Waals surface area contributed by atoms with Gasteiger partial charge < -0.3 is 10.1 Å². The van der Waals surface area contributed by atoms with E-state index in [9.17, 15) is 14.7 Å². The normalized spacial score (nSPS) is 28.0. The lowest BCUT2D eigenvalue weighted by Gasteiger charge is -2.38. The predicted molar refractivity (Wildman–Crippen MR) is 104 cm³/mol. The monoisotopic (exact) mass is 374 g/mol. The number of fused-ring (bicyclic) bond motifs is 5. The molecule has 0 aliphatic heterocycles. The molecule has 3 aliphatic carbocycles. The first kappa shape index (κ1) is 18.5. The molecule has 5 rings (SSSR count). The number of imidazole rings is 1. The fraction of sp³-hybridized carbons (Fsp3) is 0.750. The molecular weight excluding hydrogens is 344 g/mol. The number of aliphatic hydroxyl groups is 1. The zero-order valence-electron chi connectivity index (χ0n) is 16.4. The van der Waals surface area contributed by atoms with E-state index in [2.05, 4.69) is 4.98 Å². The van der Waals surface area contributed by atoms with Crippen molar-refractivity contribution < 1.29 is 5.11 Å². The van der Waals surface area contributed by atoms with Gasteiger partial charge in [-0.15, -0.1) is 0 Å². The molecule has 0 saturated heterocycles. The minimum absolute atomic E-state index is 0.114. The largest absolute Gasteiger partial charge is 0.390 e. The summed E-state index contributed by atoms with van der Waals surface area (Å²) in [5, 5.41) is 10.7. The summed E-state index contributed by atoms with van der Waals surface area (Å²) >= 11 is 0. The summed E-state index contributed by atoms with van der Waals surface area (Å²) in [7, 11) is 0. The van der Waals surface area contributed by atoms with Gasteiger partial charge in [0.25, 0.3) is 5.56 Å². The summed E-state index contributed by atoms with van der Waals surface area (Å²) in [6.45, 7) is 4.96. The Balaban J connectivity index is 1.89. The summed E-state index contributed by atoms with van der Waals surface area (Å²) in [6, 6.07) is 0. The van der Waals surface area contributed by atoms with Crippen molar-refractivity contribution in [1.82, 2.24) is 19.1 Å². The van der Waals surface area contributed by atoms with Crippen LogP contribution in [0, 0.1) is 0 Å². The zero-order chi connectivity index (χ0) is 19.2. The van der Waals surface area contributed by atoms with Gasteiger partial charge in [-0.25, -0.2) is 9.78 Å². The lowest BCUT2D eigenvalue weighted by Crippen LogP contribution is -2.40. The number of aryl methyl sites for hydroxylation is 1. The molecule has 0 spiro atoms. The van der Waals surface area contributed by atoms with Crippen molar-refractivity contribution in [3.63, 3.8) is 0 Å². The van der Waals surface area contributed by atoms with E-state index in [0.717, 1.165) is 63.6 Å². The molecule has 3 fully saturated rings. The molecule has 0 unspecified atom stereocenters. The number of aromatic amines is 1. The second kappa shape index (κ2) is 6.62. The van der Waals surface area contributed by atoms with Gasteiger partial charge >= 0.3 is 5.69 Å². The Bertz CT molecular complexity index is 960. The molecule has 0 atom stereocenters.